The van der Waals surface area contributed by atoms with E-state index in [2.05, 4.69) is 0 Å². The molecule has 134 valence electrons. The van der Waals surface area contributed by atoms with E-state index in [1.165, 1.54) is 6.08 Å². The maximum atomic E-state index is 12.1. The second-order valence-electron chi connectivity index (χ2n) is 6.19. The summed E-state index contributed by atoms with van der Waals surface area (Å²) >= 11 is 0. The van der Waals surface area contributed by atoms with E-state index in [4.69, 9.17) is 18.9 Å². The van der Waals surface area contributed by atoms with Crippen molar-refractivity contribution >= 4 is 12.0 Å². The monoisotopic (exact) mass is 352 g/mol. The summed E-state index contributed by atoms with van der Waals surface area (Å²) in [6, 6.07) is 9.62. The Morgan fingerprint density at radius 2 is 1.73 bits per heavy atom. The van der Waals surface area contributed by atoms with Crippen LogP contribution in [-0.4, -0.2) is 26.3 Å². The Kier molecular flexibility index (Phi) is 4.52. The van der Waals surface area contributed by atoms with Crippen LogP contribution in [0.25, 0.3) is 6.08 Å². The van der Waals surface area contributed by atoms with Crippen molar-refractivity contribution in [2.45, 2.75) is 19.4 Å². The quantitative estimate of drug-likeness (QED) is 0.610. The molecule has 2 aromatic rings. The third-order valence-electron chi connectivity index (χ3n) is 4.62. The lowest BCUT2D eigenvalue weighted by molar-refractivity contribution is -0.138. The fourth-order valence-corrected chi connectivity index (χ4v) is 3.43. The number of carbonyl (C=O) groups excluding carboxylic acids is 1. The summed E-state index contributed by atoms with van der Waals surface area (Å²) in [5.41, 5.74) is 4.08. The number of hydrogen-bond acceptors (Lipinski definition) is 5. The van der Waals surface area contributed by atoms with Gasteiger partial charge in [0.05, 0.1) is 20.3 Å². The fourth-order valence-electron chi connectivity index (χ4n) is 3.43. The molecule has 0 spiro atoms. The Balaban J connectivity index is 1.57. The highest BCUT2D eigenvalue weighted by Crippen LogP contribution is 2.50. The average Bonchev–Trinajstić information content (AvgIpc) is 3.34. The van der Waals surface area contributed by atoms with E-state index in [0.29, 0.717) is 19.0 Å². The van der Waals surface area contributed by atoms with E-state index in [-0.39, 0.29) is 12.6 Å². The maximum Gasteiger partial charge on any atom is 0.331 e. The van der Waals surface area contributed by atoms with E-state index in [1.807, 2.05) is 36.4 Å². The molecule has 0 unspecified atom stereocenters. The second-order valence-corrected chi connectivity index (χ2v) is 6.19. The molecular formula is C21H20O5. The Bertz CT molecular complexity index is 819. The van der Waals surface area contributed by atoms with Crippen LogP contribution < -0.4 is 14.2 Å². The van der Waals surface area contributed by atoms with Gasteiger partial charge in [-0.05, 0) is 17.2 Å². The van der Waals surface area contributed by atoms with E-state index < -0.39 is 0 Å². The highest BCUT2D eigenvalue weighted by atomic mass is 16.5. The van der Waals surface area contributed by atoms with Crippen molar-refractivity contribution in [3.8, 4) is 17.2 Å². The van der Waals surface area contributed by atoms with E-state index in [0.717, 1.165) is 46.6 Å². The summed E-state index contributed by atoms with van der Waals surface area (Å²) in [7, 11) is 1.62. The summed E-state index contributed by atoms with van der Waals surface area (Å²) in [5, 5.41) is 0. The van der Waals surface area contributed by atoms with Crippen LogP contribution >= 0.6 is 0 Å². The molecule has 0 aromatic heterocycles. The minimum Gasteiger partial charge on any atom is -0.490 e. The number of methoxy groups -OCH3 is 1. The van der Waals surface area contributed by atoms with Gasteiger partial charge in [-0.3, -0.25) is 0 Å². The fraction of sp³-hybridized carbons (Fsp3) is 0.286. The van der Waals surface area contributed by atoms with Crippen LogP contribution in [0.2, 0.25) is 0 Å². The predicted octanol–water partition coefficient (Wildman–Crippen LogP) is 3.32. The Morgan fingerprint density at radius 1 is 1.08 bits per heavy atom. The summed E-state index contributed by atoms with van der Waals surface area (Å²) in [6.07, 6.45) is 4.87. The zero-order chi connectivity index (χ0) is 17.9. The zero-order valence-corrected chi connectivity index (χ0v) is 14.6. The van der Waals surface area contributed by atoms with Gasteiger partial charge in [0.1, 0.15) is 6.61 Å². The van der Waals surface area contributed by atoms with Crippen molar-refractivity contribution < 1.29 is 23.7 Å². The van der Waals surface area contributed by atoms with Crippen molar-refractivity contribution in [1.29, 1.82) is 0 Å². The summed E-state index contributed by atoms with van der Waals surface area (Å²) < 4.78 is 22.3. The topological polar surface area (TPSA) is 54.0 Å². The van der Waals surface area contributed by atoms with Crippen molar-refractivity contribution in [3.63, 3.8) is 0 Å². The van der Waals surface area contributed by atoms with Crippen LogP contribution in [0.3, 0.4) is 0 Å². The van der Waals surface area contributed by atoms with Gasteiger partial charge in [-0.1, -0.05) is 30.3 Å². The van der Waals surface area contributed by atoms with Crippen LogP contribution in [0.4, 0.5) is 0 Å². The highest BCUT2D eigenvalue weighted by Gasteiger charge is 2.31. The molecule has 0 radical (unpaired) electrons. The van der Waals surface area contributed by atoms with Crippen molar-refractivity contribution in [2.75, 3.05) is 20.3 Å². The van der Waals surface area contributed by atoms with Gasteiger partial charge in [0, 0.05) is 30.0 Å². The standard InChI is InChI=1S/C21H20O5/c1-23-21-19-16(9-11-24-19)15(17-10-12-25-20(17)21)7-8-18(22)26-13-14-5-3-2-4-6-14/h2-8H,9-13H2,1H3/b8-7+. The van der Waals surface area contributed by atoms with E-state index >= 15 is 0 Å². The number of fused-ring (bicyclic) bond motifs is 2. The first-order chi connectivity index (χ1) is 12.8. The molecule has 0 N–H and O–H groups in total. The first kappa shape index (κ1) is 16.5. The highest BCUT2D eigenvalue weighted by molar-refractivity contribution is 5.88. The molecule has 0 saturated carbocycles. The first-order valence-corrected chi connectivity index (χ1v) is 8.68. The minimum absolute atomic E-state index is 0.259. The molecule has 5 heteroatoms. The first-order valence-electron chi connectivity index (χ1n) is 8.68. The third-order valence-corrected chi connectivity index (χ3v) is 4.62. The van der Waals surface area contributed by atoms with Crippen LogP contribution in [0.5, 0.6) is 17.2 Å². The number of hydrogen-bond donors (Lipinski definition) is 0. The molecule has 0 saturated heterocycles. The van der Waals surface area contributed by atoms with Gasteiger partial charge in [0.25, 0.3) is 0 Å². The van der Waals surface area contributed by atoms with E-state index in [1.54, 1.807) is 7.11 Å². The largest absolute Gasteiger partial charge is 0.490 e. The summed E-state index contributed by atoms with van der Waals surface area (Å²) in [4.78, 5) is 12.1. The van der Waals surface area contributed by atoms with Crippen molar-refractivity contribution in [1.82, 2.24) is 0 Å². The van der Waals surface area contributed by atoms with Gasteiger partial charge < -0.3 is 18.9 Å². The van der Waals surface area contributed by atoms with Crippen LogP contribution in [-0.2, 0) is 29.0 Å². The molecule has 0 atom stereocenters. The van der Waals surface area contributed by atoms with Gasteiger partial charge in [-0.25, -0.2) is 4.79 Å². The maximum absolute atomic E-state index is 12.1. The SMILES string of the molecule is COc1c2c(c(/C=C/C(=O)OCc3ccccc3)c3c1OCC3)CCO2. The number of carbonyl (C=O) groups is 1. The third kappa shape index (κ3) is 3.01. The van der Waals surface area contributed by atoms with Gasteiger partial charge in [0.15, 0.2) is 11.5 Å². The minimum atomic E-state index is -0.370. The molecule has 0 aliphatic carbocycles. The van der Waals surface area contributed by atoms with Gasteiger partial charge in [-0.15, -0.1) is 0 Å². The van der Waals surface area contributed by atoms with Crippen molar-refractivity contribution in [3.05, 3.63) is 58.7 Å². The molecule has 2 aliphatic rings. The lowest BCUT2D eigenvalue weighted by atomic mass is 9.96. The van der Waals surface area contributed by atoms with Crippen molar-refractivity contribution in [2.24, 2.45) is 0 Å². The Labute approximate surface area is 152 Å². The predicted molar refractivity (Wildman–Crippen MR) is 96.7 cm³/mol. The number of ether oxygens (including phenoxy) is 4. The second kappa shape index (κ2) is 7.12. The average molecular weight is 352 g/mol. The molecule has 0 bridgehead atoms. The van der Waals surface area contributed by atoms with Crippen LogP contribution in [0, 0.1) is 0 Å². The molecule has 26 heavy (non-hydrogen) atoms. The lowest BCUT2D eigenvalue weighted by Gasteiger charge is -2.14. The van der Waals surface area contributed by atoms with Gasteiger partial charge in [-0.2, -0.15) is 0 Å². The number of rotatable bonds is 5. The molecular weight excluding hydrogens is 332 g/mol. The number of esters is 1. The van der Waals surface area contributed by atoms with E-state index in [9.17, 15) is 4.79 Å². The van der Waals surface area contributed by atoms with Gasteiger partial charge >= 0.3 is 5.97 Å². The lowest BCUT2D eigenvalue weighted by Crippen LogP contribution is -2.01. The number of benzene rings is 2. The Hall–Kier alpha value is -2.95. The zero-order valence-electron chi connectivity index (χ0n) is 14.6. The molecule has 2 aliphatic heterocycles. The van der Waals surface area contributed by atoms with Gasteiger partial charge in [0.2, 0.25) is 5.75 Å². The molecule has 2 heterocycles. The molecule has 0 fully saturated rings. The molecule has 4 rings (SSSR count). The Morgan fingerprint density at radius 3 is 2.35 bits per heavy atom. The van der Waals surface area contributed by atoms with Crippen LogP contribution in [0.1, 0.15) is 22.3 Å². The molecule has 2 aromatic carbocycles. The molecule has 0 amide bonds. The smallest absolute Gasteiger partial charge is 0.331 e. The van der Waals surface area contributed by atoms with Crippen LogP contribution in [0.15, 0.2) is 36.4 Å². The molecule has 5 nitrogen and oxygen atoms in total. The normalized spacial score (nSPS) is 14.5. The summed E-state index contributed by atoms with van der Waals surface area (Å²) in [5.74, 6) is 1.75. The summed E-state index contributed by atoms with van der Waals surface area (Å²) in [6.45, 7) is 1.47.